The highest BCUT2D eigenvalue weighted by Crippen LogP contribution is 2.25. The number of unbranched alkanes of at least 4 members (excludes halogenated alkanes) is 20. The fourth-order valence-electron chi connectivity index (χ4n) is 4.86. The van der Waals surface area contributed by atoms with E-state index in [0.717, 1.165) is 12.8 Å². The number of Topliss-reactive ketones (excluding diaryl/α,β-unsaturated/α-hetero) is 1. The van der Waals surface area contributed by atoms with E-state index in [9.17, 15) is 9.59 Å². The summed E-state index contributed by atoms with van der Waals surface area (Å²) in [4.78, 5) is 24.1. The molecule has 0 saturated heterocycles. The Bertz CT molecular complexity index is 581. The molecule has 35 heavy (non-hydrogen) atoms. The summed E-state index contributed by atoms with van der Waals surface area (Å²) in [7, 11) is 0. The van der Waals surface area contributed by atoms with Crippen LogP contribution in [-0.4, -0.2) is 17.9 Å². The average Bonchev–Trinajstić information content (AvgIpc) is 3.12. The van der Waals surface area contributed by atoms with Crippen LogP contribution in [0, 0.1) is 0 Å². The van der Waals surface area contributed by atoms with Crippen molar-refractivity contribution in [3.05, 3.63) is 11.5 Å². The summed E-state index contributed by atoms with van der Waals surface area (Å²) in [5, 5.41) is 0. The lowest BCUT2D eigenvalue weighted by molar-refractivity contribution is -0.142. The minimum Gasteiger partial charge on any atom is -0.483 e. The summed E-state index contributed by atoms with van der Waals surface area (Å²) in [5.74, 6) is 0.118. The van der Waals surface area contributed by atoms with Crippen LogP contribution in [0.15, 0.2) is 11.5 Å². The molecule has 0 fully saturated rings. The first-order valence-corrected chi connectivity index (χ1v) is 15.2. The molecule has 0 amide bonds. The number of rotatable bonds is 24. The first-order valence-electron chi connectivity index (χ1n) is 15.2. The number of esters is 1. The molecule has 0 radical (unpaired) electrons. The summed E-state index contributed by atoms with van der Waals surface area (Å²) in [6.45, 7) is 5.88. The van der Waals surface area contributed by atoms with E-state index < -0.39 is 6.10 Å². The van der Waals surface area contributed by atoms with Gasteiger partial charge < -0.3 is 9.47 Å². The predicted molar refractivity (Wildman–Crippen MR) is 146 cm³/mol. The molecular formula is C31H56O4. The molecule has 4 heteroatoms. The van der Waals surface area contributed by atoms with Crippen molar-refractivity contribution in [2.75, 3.05) is 0 Å². The van der Waals surface area contributed by atoms with Crippen LogP contribution in [0.5, 0.6) is 0 Å². The van der Waals surface area contributed by atoms with E-state index in [1.807, 2.05) is 6.92 Å². The number of hydrogen-bond acceptors (Lipinski definition) is 4. The fraction of sp³-hybridized carbons (Fsp3) is 0.871. The highest BCUT2D eigenvalue weighted by molar-refractivity contribution is 6.00. The van der Waals surface area contributed by atoms with Crippen molar-refractivity contribution in [2.24, 2.45) is 0 Å². The van der Waals surface area contributed by atoms with E-state index >= 15 is 0 Å². The molecule has 0 saturated carbocycles. The molecule has 0 aromatic rings. The van der Waals surface area contributed by atoms with E-state index in [2.05, 4.69) is 6.92 Å². The predicted octanol–water partition coefficient (Wildman–Crippen LogP) is 9.74. The summed E-state index contributed by atoms with van der Waals surface area (Å²) < 4.78 is 10.7. The van der Waals surface area contributed by atoms with Crippen LogP contribution in [-0.2, 0) is 19.1 Å². The number of hydrogen-bond donors (Lipinski definition) is 0. The van der Waals surface area contributed by atoms with Gasteiger partial charge in [0.1, 0.15) is 5.76 Å². The number of carbonyl (C=O) groups excluding carboxylic acids is 2. The maximum atomic E-state index is 12.0. The van der Waals surface area contributed by atoms with Gasteiger partial charge in [0.15, 0.2) is 6.10 Å². The van der Waals surface area contributed by atoms with Crippen molar-refractivity contribution in [2.45, 2.75) is 175 Å². The SMILES string of the molecule is CCCCCCCCCCCCCCCCCCCCCCCC(=O)OC1=C(CC)OC(C)C1=O. The normalized spacial score (nSPS) is 15.6. The molecule has 0 bridgehead atoms. The standard InChI is InChI=1S/C31H56O4/c1-4-6-7-8-9-10-11-12-13-14-15-16-17-18-19-20-21-22-23-24-25-26-29(32)35-31-28(5-2)34-27(3)30(31)33/h27H,4-26H2,1-3H3. The Morgan fingerprint density at radius 1 is 0.657 bits per heavy atom. The van der Waals surface area contributed by atoms with Crippen LogP contribution in [0.3, 0.4) is 0 Å². The van der Waals surface area contributed by atoms with Crippen molar-refractivity contribution >= 4 is 11.8 Å². The maximum absolute atomic E-state index is 12.0. The maximum Gasteiger partial charge on any atom is 0.311 e. The second-order valence-electron chi connectivity index (χ2n) is 10.5. The van der Waals surface area contributed by atoms with Crippen molar-refractivity contribution in [1.29, 1.82) is 0 Å². The highest BCUT2D eigenvalue weighted by Gasteiger charge is 2.33. The number of ketones is 1. The Kier molecular flexibility index (Phi) is 19.9. The van der Waals surface area contributed by atoms with Gasteiger partial charge in [0.2, 0.25) is 11.5 Å². The second kappa shape index (κ2) is 21.9. The lowest BCUT2D eigenvalue weighted by Gasteiger charge is -2.05. The van der Waals surface area contributed by atoms with Gasteiger partial charge >= 0.3 is 5.97 Å². The molecule has 1 aliphatic rings. The lowest BCUT2D eigenvalue weighted by atomic mass is 10.0. The Labute approximate surface area is 217 Å². The first-order chi connectivity index (χ1) is 17.1. The molecule has 4 nitrogen and oxygen atoms in total. The van der Waals surface area contributed by atoms with E-state index in [1.165, 1.54) is 122 Å². The van der Waals surface area contributed by atoms with Gasteiger partial charge in [0.25, 0.3) is 0 Å². The Balaban J connectivity index is 1.80. The van der Waals surface area contributed by atoms with Crippen molar-refractivity contribution in [3.63, 3.8) is 0 Å². The molecular weight excluding hydrogens is 436 g/mol. The molecule has 1 rings (SSSR count). The number of carbonyl (C=O) groups is 2. The van der Waals surface area contributed by atoms with Gasteiger partial charge in [-0.05, 0) is 13.3 Å². The monoisotopic (exact) mass is 492 g/mol. The zero-order chi connectivity index (χ0) is 25.6. The van der Waals surface area contributed by atoms with Gasteiger partial charge in [-0.25, -0.2) is 0 Å². The fourth-order valence-corrected chi connectivity index (χ4v) is 4.86. The van der Waals surface area contributed by atoms with Crippen LogP contribution in [0.25, 0.3) is 0 Å². The zero-order valence-electron chi connectivity index (χ0n) is 23.5. The minimum atomic E-state index is -0.530. The second-order valence-corrected chi connectivity index (χ2v) is 10.5. The molecule has 1 aliphatic heterocycles. The lowest BCUT2D eigenvalue weighted by Crippen LogP contribution is -2.16. The van der Waals surface area contributed by atoms with Crippen molar-refractivity contribution in [1.82, 2.24) is 0 Å². The van der Waals surface area contributed by atoms with E-state index in [-0.39, 0.29) is 17.5 Å². The highest BCUT2D eigenvalue weighted by atomic mass is 16.6. The molecule has 0 aromatic carbocycles. The smallest absolute Gasteiger partial charge is 0.311 e. The Morgan fingerprint density at radius 2 is 1.03 bits per heavy atom. The average molecular weight is 493 g/mol. The van der Waals surface area contributed by atoms with Gasteiger partial charge in [0.05, 0.1) is 0 Å². The summed E-state index contributed by atoms with van der Waals surface area (Å²) in [6, 6.07) is 0. The molecule has 204 valence electrons. The summed E-state index contributed by atoms with van der Waals surface area (Å²) in [5.41, 5.74) is 0. The van der Waals surface area contributed by atoms with Crippen LogP contribution < -0.4 is 0 Å². The quantitative estimate of drug-likeness (QED) is 0.0993. The Hall–Kier alpha value is -1.32. The number of allylic oxidation sites excluding steroid dienone is 1. The molecule has 1 atom stereocenters. The third-order valence-electron chi connectivity index (χ3n) is 7.19. The molecule has 1 heterocycles. The topological polar surface area (TPSA) is 52.6 Å². The van der Waals surface area contributed by atoms with Gasteiger partial charge in [-0.15, -0.1) is 0 Å². The van der Waals surface area contributed by atoms with Crippen molar-refractivity contribution in [3.8, 4) is 0 Å². The summed E-state index contributed by atoms with van der Waals surface area (Å²) in [6.07, 6.45) is 28.7. The minimum absolute atomic E-state index is 0.133. The summed E-state index contributed by atoms with van der Waals surface area (Å²) >= 11 is 0. The van der Waals surface area contributed by atoms with E-state index in [0.29, 0.717) is 18.6 Å². The van der Waals surface area contributed by atoms with Gasteiger partial charge in [-0.2, -0.15) is 0 Å². The number of ether oxygens (including phenoxy) is 2. The zero-order valence-corrected chi connectivity index (χ0v) is 23.5. The van der Waals surface area contributed by atoms with Crippen molar-refractivity contribution < 1.29 is 19.1 Å². The van der Waals surface area contributed by atoms with Gasteiger partial charge in [-0.3, -0.25) is 9.59 Å². The van der Waals surface area contributed by atoms with Gasteiger partial charge in [0, 0.05) is 12.8 Å². The third-order valence-corrected chi connectivity index (χ3v) is 7.19. The molecule has 0 spiro atoms. The van der Waals surface area contributed by atoms with Crippen LogP contribution >= 0.6 is 0 Å². The first kappa shape index (κ1) is 31.7. The van der Waals surface area contributed by atoms with Crippen LogP contribution in [0.1, 0.15) is 168 Å². The molecule has 0 aromatic heterocycles. The van der Waals surface area contributed by atoms with E-state index in [4.69, 9.17) is 9.47 Å². The van der Waals surface area contributed by atoms with Crippen LogP contribution in [0.2, 0.25) is 0 Å². The molecule has 0 N–H and O–H groups in total. The van der Waals surface area contributed by atoms with Gasteiger partial charge in [-0.1, -0.05) is 142 Å². The Morgan fingerprint density at radius 3 is 1.40 bits per heavy atom. The largest absolute Gasteiger partial charge is 0.483 e. The van der Waals surface area contributed by atoms with E-state index in [1.54, 1.807) is 6.92 Å². The van der Waals surface area contributed by atoms with Crippen LogP contribution in [0.4, 0.5) is 0 Å². The molecule has 0 aliphatic carbocycles. The molecule has 1 unspecified atom stereocenters. The third kappa shape index (κ3) is 16.1.